The Morgan fingerprint density at radius 3 is 3.00 bits per heavy atom. The molecule has 1 aliphatic rings. The van der Waals surface area contributed by atoms with E-state index in [1.807, 2.05) is 47.6 Å². The number of carbonyl (C=O) groups excluding carboxylic acids is 1. The Kier molecular flexibility index (Phi) is 4.34. The molecular weight excluding hydrogens is 362 g/mol. The van der Waals surface area contributed by atoms with Gasteiger partial charge in [-0.05, 0) is 24.5 Å². The number of pyridine rings is 1. The summed E-state index contributed by atoms with van der Waals surface area (Å²) < 4.78 is 2.30. The van der Waals surface area contributed by atoms with E-state index in [4.69, 9.17) is 4.98 Å². The predicted molar refractivity (Wildman–Crippen MR) is 114 cm³/mol. The highest BCUT2D eigenvalue weighted by Crippen LogP contribution is 2.31. The first-order chi connectivity index (χ1) is 14.1. The summed E-state index contributed by atoms with van der Waals surface area (Å²) in [7, 11) is 0. The minimum atomic E-state index is 0.0955. The number of nitrogens with zero attached hydrogens (tertiary/aromatic N) is 4. The van der Waals surface area contributed by atoms with Crippen LogP contribution in [0.5, 0.6) is 0 Å². The fourth-order valence-corrected chi connectivity index (χ4v) is 4.43. The second-order valence-electron chi connectivity index (χ2n) is 8.32. The van der Waals surface area contributed by atoms with Gasteiger partial charge in [0.15, 0.2) is 0 Å². The van der Waals surface area contributed by atoms with E-state index in [0.29, 0.717) is 12.5 Å². The van der Waals surface area contributed by atoms with Crippen LogP contribution in [0.1, 0.15) is 42.4 Å². The molecule has 148 valence electrons. The molecule has 29 heavy (non-hydrogen) atoms. The standard InChI is InChI=1S/C23H25N5O/c1-15(2)13-28-21-12-24-9-7-20(21)26-22(28)16-8-10-27(14-16)23(29)18-11-25-19-6-4-3-5-17(18)19/h3-7,9,11-12,15-16,25H,8,10,13-14H2,1-2H3/t16-/m0/s1. The Morgan fingerprint density at radius 2 is 2.14 bits per heavy atom. The quantitative estimate of drug-likeness (QED) is 0.571. The molecule has 1 aromatic carbocycles. The first kappa shape index (κ1) is 17.9. The average molecular weight is 387 g/mol. The molecule has 0 saturated carbocycles. The Hall–Kier alpha value is -3.15. The number of para-hydroxylation sites is 1. The number of nitrogens with one attached hydrogen (secondary N) is 1. The van der Waals surface area contributed by atoms with Crippen molar-refractivity contribution in [2.75, 3.05) is 13.1 Å². The fourth-order valence-electron chi connectivity index (χ4n) is 4.43. The van der Waals surface area contributed by atoms with E-state index in [2.05, 4.69) is 28.4 Å². The van der Waals surface area contributed by atoms with E-state index >= 15 is 0 Å². The van der Waals surface area contributed by atoms with Crippen LogP contribution < -0.4 is 0 Å². The number of benzene rings is 1. The van der Waals surface area contributed by atoms with E-state index in [0.717, 1.165) is 52.8 Å². The van der Waals surface area contributed by atoms with Crippen LogP contribution in [0.25, 0.3) is 21.9 Å². The Morgan fingerprint density at radius 1 is 1.28 bits per heavy atom. The summed E-state index contributed by atoms with van der Waals surface area (Å²) in [6.07, 6.45) is 6.46. The maximum atomic E-state index is 13.2. The molecule has 0 spiro atoms. The number of likely N-dealkylation sites (tertiary alicyclic amines) is 1. The molecule has 1 N–H and O–H groups in total. The van der Waals surface area contributed by atoms with Crippen molar-refractivity contribution >= 4 is 27.8 Å². The molecule has 3 aromatic heterocycles. The lowest BCUT2D eigenvalue weighted by molar-refractivity contribution is 0.0792. The van der Waals surface area contributed by atoms with Crippen molar-refractivity contribution in [3.8, 4) is 0 Å². The zero-order valence-electron chi connectivity index (χ0n) is 16.8. The van der Waals surface area contributed by atoms with Gasteiger partial charge in [0.05, 0.1) is 22.8 Å². The number of hydrogen-bond donors (Lipinski definition) is 1. The number of aromatic amines is 1. The second-order valence-corrected chi connectivity index (χ2v) is 8.32. The van der Waals surface area contributed by atoms with Crippen LogP contribution in [0, 0.1) is 5.92 Å². The SMILES string of the molecule is CC(C)Cn1c([C@H]2CCN(C(=O)c3c[nH]c4ccccc34)C2)nc2ccncc21. The highest BCUT2D eigenvalue weighted by atomic mass is 16.2. The monoisotopic (exact) mass is 387 g/mol. The van der Waals surface area contributed by atoms with Gasteiger partial charge >= 0.3 is 0 Å². The summed E-state index contributed by atoms with van der Waals surface area (Å²) >= 11 is 0. The van der Waals surface area contributed by atoms with Gasteiger partial charge in [-0.25, -0.2) is 4.98 Å². The largest absolute Gasteiger partial charge is 0.360 e. The van der Waals surface area contributed by atoms with E-state index < -0.39 is 0 Å². The molecule has 0 radical (unpaired) electrons. The molecule has 1 amide bonds. The summed E-state index contributed by atoms with van der Waals surface area (Å²) in [6, 6.07) is 9.93. The van der Waals surface area contributed by atoms with Crippen LogP contribution >= 0.6 is 0 Å². The third-order valence-corrected chi connectivity index (χ3v) is 5.79. The van der Waals surface area contributed by atoms with Gasteiger partial charge in [-0.2, -0.15) is 0 Å². The lowest BCUT2D eigenvalue weighted by Gasteiger charge is -2.18. The summed E-state index contributed by atoms with van der Waals surface area (Å²) in [5.74, 6) is 1.93. The normalized spacial score (nSPS) is 17.1. The van der Waals surface area contributed by atoms with Crippen molar-refractivity contribution in [2.45, 2.75) is 32.7 Å². The van der Waals surface area contributed by atoms with E-state index in [9.17, 15) is 4.79 Å². The summed E-state index contributed by atoms with van der Waals surface area (Å²) in [5, 5.41) is 0.985. The highest BCUT2D eigenvalue weighted by Gasteiger charge is 2.32. The number of amides is 1. The van der Waals surface area contributed by atoms with Crippen LogP contribution in [0.3, 0.4) is 0 Å². The van der Waals surface area contributed by atoms with Crippen LogP contribution in [-0.4, -0.2) is 43.4 Å². The van der Waals surface area contributed by atoms with Gasteiger partial charge in [-0.15, -0.1) is 0 Å². The number of H-pyrrole nitrogens is 1. The zero-order valence-corrected chi connectivity index (χ0v) is 16.8. The van der Waals surface area contributed by atoms with Crippen molar-refractivity contribution < 1.29 is 4.79 Å². The molecule has 6 nitrogen and oxygen atoms in total. The number of aromatic nitrogens is 4. The molecule has 1 atom stereocenters. The Bertz CT molecular complexity index is 1190. The molecule has 0 bridgehead atoms. The summed E-state index contributed by atoms with van der Waals surface area (Å²) in [4.78, 5) is 27.6. The number of fused-ring (bicyclic) bond motifs is 2. The minimum absolute atomic E-state index is 0.0955. The van der Waals surface area contributed by atoms with Crippen molar-refractivity contribution in [3.05, 3.63) is 60.3 Å². The van der Waals surface area contributed by atoms with E-state index in [-0.39, 0.29) is 11.8 Å². The van der Waals surface area contributed by atoms with Crippen LogP contribution in [0.15, 0.2) is 48.9 Å². The molecule has 6 heteroatoms. The average Bonchev–Trinajstić information content (AvgIpc) is 3.44. The van der Waals surface area contributed by atoms with Gasteiger partial charge in [0.2, 0.25) is 0 Å². The van der Waals surface area contributed by atoms with Crippen LogP contribution in [0.4, 0.5) is 0 Å². The Balaban J connectivity index is 1.44. The summed E-state index contributed by atoms with van der Waals surface area (Å²) in [6.45, 7) is 6.80. The summed E-state index contributed by atoms with van der Waals surface area (Å²) in [5.41, 5.74) is 3.81. The zero-order chi connectivity index (χ0) is 20.0. The van der Waals surface area contributed by atoms with E-state index in [1.54, 1.807) is 6.20 Å². The lowest BCUT2D eigenvalue weighted by Crippen LogP contribution is -2.28. The molecular formula is C23H25N5O. The van der Waals surface area contributed by atoms with Crippen molar-refractivity contribution in [1.82, 2.24) is 24.4 Å². The maximum absolute atomic E-state index is 13.2. The van der Waals surface area contributed by atoms with Gasteiger partial charge in [0.25, 0.3) is 5.91 Å². The fraction of sp³-hybridized carbons (Fsp3) is 0.348. The molecule has 1 aliphatic heterocycles. The number of carbonyl (C=O) groups is 1. The topological polar surface area (TPSA) is 66.8 Å². The van der Waals surface area contributed by atoms with Crippen molar-refractivity contribution in [1.29, 1.82) is 0 Å². The lowest BCUT2D eigenvalue weighted by atomic mass is 10.1. The Labute approximate surface area is 169 Å². The maximum Gasteiger partial charge on any atom is 0.256 e. The minimum Gasteiger partial charge on any atom is -0.360 e. The van der Waals surface area contributed by atoms with Gasteiger partial charge in [-0.3, -0.25) is 9.78 Å². The van der Waals surface area contributed by atoms with Gasteiger partial charge in [0.1, 0.15) is 5.82 Å². The first-order valence-corrected chi connectivity index (χ1v) is 10.3. The highest BCUT2D eigenvalue weighted by molar-refractivity contribution is 6.06. The molecule has 1 fully saturated rings. The number of hydrogen-bond acceptors (Lipinski definition) is 3. The third kappa shape index (κ3) is 3.09. The molecule has 1 saturated heterocycles. The van der Waals surface area contributed by atoms with Crippen molar-refractivity contribution in [2.24, 2.45) is 5.92 Å². The van der Waals surface area contributed by atoms with Gasteiger partial charge in [0, 0.05) is 48.8 Å². The number of imidazole rings is 1. The molecule has 5 rings (SSSR count). The van der Waals surface area contributed by atoms with Crippen molar-refractivity contribution in [3.63, 3.8) is 0 Å². The first-order valence-electron chi connectivity index (χ1n) is 10.3. The smallest absolute Gasteiger partial charge is 0.256 e. The van der Waals surface area contributed by atoms with Crippen LogP contribution in [0.2, 0.25) is 0 Å². The molecule has 4 heterocycles. The molecule has 0 aliphatic carbocycles. The molecule has 4 aromatic rings. The van der Waals surface area contributed by atoms with E-state index in [1.165, 1.54) is 0 Å². The van der Waals surface area contributed by atoms with Gasteiger partial charge < -0.3 is 14.5 Å². The van der Waals surface area contributed by atoms with Crippen LogP contribution in [-0.2, 0) is 6.54 Å². The molecule has 0 unspecified atom stereocenters. The second kappa shape index (κ2) is 7.03. The predicted octanol–water partition coefficient (Wildman–Crippen LogP) is 4.20. The third-order valence-electron chi connectivity index (χ3n) is 5.79. The van der Waals surface area contributed by atoms with Gasteiger partial charge in [-0.1, -0.05) is 32.0 Å². The number of rotatable bonds is 4.